The van der Waals surface area contributed by atoms with Gasteiger partial charge in [-0.15, -0.1) is 0 Å². The molecule has 0 radical (unpaired) electrons. The molecule has 118 valence electrons. The molecular weight excluding hydrogens is 314 g/mol. The van der Waals surface area contributed by atoms with Gasteiger partial charge < -0.3 is 5.32 Å². The molecule has 21 heavy (non-hydrogen) atoms. The summed E-state index contributed by atoms with van der Waals surface area (Å²) < 4.78 is 24.3. The van der Waals surface area contributed by atoms with Crippen LogP contribution in [0.5, 0.6) is 0 Å². The van der Waals surface area contributed by atoms with Crippen LogP contribution >= 0.6 is 11.6 Å². The Kier molecular flexibility index (Phi) is 6.57. The Morgan fingerprint density at radius 3 is 2.62 bits per heavy atom. The van der Waals surface area contributed by atoms with E-state index in [0.29, 0.717) is 5.56 Å². The van der Waals surface area contributed by atoms with E-state index < -0.39 is 10.0 Å². The Morgan fingerprint density at radius 1 is 1.38 bits per heavy atom. The molecule has 0 bridgehead atoms. The van der Waals surface area contributed by atoms with Gasteiger partial charge in [0.2, 0.25) is 10.0 Å². The number of carbonyl (C=O) groups excluding carboxylic acids is 1. The summed E-state index contributed by atoms with van der Waals surface area (Å²) in [4.78, 5) is 16.1. The third-order valence-electron chi connectivity index (χ3n) is 2.82. The van der Waals surface area contributed by atoms with Crippen LogP contribution in [0.15, 0.2) is 12.1 Å². The summed E-state index contributed by atoms with van der Waals surface area (Å²) in [5.74, 6) is -0.502. The number of hydrogen-bond donors (Lipinski definition) is 1. The molecule has 0 unspecified atom stereocenters. The van der Waals surface area contributed by atoms with Crippen molar-refractivity contribution in [3.05, 3.63) is 28.5 Å². The fraction of sp³-hybridized carbons (Fsp3) is 0.538. The van der Waals surface area contributed by atoms with E-state index in [4.69, 9.17) is 11.6 Å². The highest BCUT2D eigenvalue weighted by atomic mass is 35.5. The molecule has 0 fully saturated rings. The average molecular weight is 334 g/mol. The first kappa shape index (κ1) is 17.9. The summed E-state index contributed by atoms with van der Waals surface area (Å²) in [6.45, 7) is 2.05. The van der Waals surface area contributed by atoms with Crippen LogP contribution in [0.3, 0.4) is 0 Å². The molecule has 6 nitrogen and oxygen atoms in total. The molecule has 1 aromatic rings. The highest BCUT2D eigenvalue weighted by Gasteiger charge is 2.14. The molecule has 1 heterocycles. The lowest BCUT2D eigenvalue weighted by atomic mass is 10.1. The van der Waals surface area contributed by atoms with Crippen molar-refractivity contribution < 1.29 is 13.2 Å². The number of amides is 1. The SMILES string of the molecule is CCCc1cc(C(=O)NCCS(=O)(=O)N(C)C)cc(Cl)n1. The Hall–Kier alpha value is -1.18. The predicted molar refractivity (Wildman–Crippen MR) is 83.0 cm³/mol. The maximum atomic E-state index is 12.0. The van der Waals surface area contributed by atoms with Gasteiger partial charge >= 0.3 is 0 Å². The van der Waals surface area contributed by atoms with E-state index in [1.54, 1.807) is 6.07 Å². The van der Waals surface area contributed by atoms with Crippen molar-refractivity contribution in [2.24, 2.45) is 0 Å². The maximum absolute atomic E-state index is 12.0. The number of halogens is 1. The Balaban J connectivity index is 2.68. The summed E-state index contributed by atoms with van der Waals surface area (Å²) in [5.41, 5.74) is 1.14. The minimum Gasteiger partial charge on any atom is -0.351 e. The number of pyridine rings is 1. The first-order chi connectivity index (χ1) is 9.76. The molecule has 8 heteroatoms. The molecule has 1 N–H and O–H groups in total. The highest BCUT2D eigenvalue weighted by Crippen LogP contribution is 2.12. The third kappa shape index (κ3) is 5.61. The fourth-order valence-electron chi connectivity index (χ4n) is 1.64. The molecule has 0 saturated heterocycles. The van der Waals surface area contributed by atoms with E-state index >= 15 is 0 Å². The quantitative estimate of drug-likeness (QED) is 0.763. The zero-order valence-corrected chi connectivity index (χ0v) is 14.0. The molecule has 0 aromatic carbocycles. The molecule has 0 saturated carbocycles. The van der Waals surface area contributed by atoms with Crippen molar-refractivity contribution in [2.75, 3.05) is 26.4 Å². The number of aromatic nitrogens is 1. The van der Waals surface area contributed by atoms with Gasteiger partial charge in [-0.1, -0.05) is 24.9 Å². The maximum Gasteiger partial charge on any atom is 0.251 e. The second kappa shape index (κ2) is 7.72. The van der Waals surface area contributed by atoms with Gasteiger partial charge in [0.25, 0.3) is 5.91 Å². The first-order valence-electron chi connectivity index (χ1n) is 6.61. The van der Waals surface area contributed by atoms with E-state index in [2.05, 4.69) is 10.3 Å². The summed E-state index contributed by atoms with van der Waals surface area (Å²) in [5, 5.41) is 2.83. The predicted octanol–water partition coefficient (Wildman–Crippen LogP) is 1.31. The van der Waals surface area contributed by atoms with Crippen molar-refractivity contribution in [3.63, 3.8) is 0 Å². The number of nitrogens with one attached hydrogen (secondary N) is 1. The number of rotatable bonds is 7. The minimum absolute atomic E-state index is 0.0440. The van der Waals surface area contributed by atoms with E-state index in [1.165, 1.54) is 20.2 Å². The largest absolute Gasteiger partial charge is 0.351 e. The minimum atomic E-state index is -3.32. The monoisotopic (exact) mass is 333 g/mol. The summed E-state index contributed by atoms with van der Waals surface area (Å²) in [7, 11) is -0.410. The van der Waals surface area contributed by atoms with Gasteiger partial charge in [-0.3, -0.25) is 4.79 Å². The van der Waals surface area contributed by atoms with Crippen LogP contribution in [0, 0.1) is 0 Å². The van der Waals surface area contributed by atoms with Crippen molar-refractivity contribution in [1.82, 2.24) is 14.6 Å². The molecule has 1 amide bonds. The molecular formula is C13H20ClN3O3S. The first-order valence-corrected chi connectivity index (χ1v) is 8.60. The van der Waals surface area contributed by atoms with Crippen LogP contribution in [0.25, 0.3) is 0 Å². The zero-order valence-electron chi connectivity index (χ0n) is 12.4. The summed E-state index contributed by atoms with van der Waals surface area (Å²) in [6, 6.07) is 3.14. The van der Waals surface area contributed by atoms with Crippen molar-refractivity contribution >= 4 is 27.5 Å². The molecule has 1 aromatic heterocycles. The molecule has 0 atom stereocenters. The molecule has 0 aliphatic heterocycles. The lowest BCUT2D eigenvalue weighted by Crippen LogP contribution is -2.34. The molecule has 0 aliphatic rings. The number of aryl methyl sites for hydroxylation is 1. The standard InChI is InChI=1S/C13H20ClN3O3S/c1-4-5-11-8-10(9-12(14)16-11)13(18)15-6-7-21(19,20)17(2)3/h8-9H,4-7H2,1-3H3,(H,15,18). The van der Waals surface area contributed by atoms with Crippen LogP contribution in [0.2, 0.25) is 5.15 Å². The van der Waals surface area contributed by atoms with Gasteiger partial charge in [-0.05, 0) is 18.6 Å². The summed E-state index contributed by atoms with van der Waals surface area (Å²) in [6.07, 6.45) is 1.63. The van der Waals surface area contributed by atoms with E-state index in [9.17, 15) is 13.2 Å². The molecule has 1 rings (SSSR count). The van der Waals surface area contributed by atoms with Crippen LogP contribution in [0.1, 0.15) is 29.4 Å². The zero-order chi connectivity index (χ0) is 16.0. The number of sulfonamides is 1. The summed E-state index contributed by atoms with van der Waals surface area (Å²) >= 11 is 5.88. The topological polar surface area (TPSA) is 79.4 Å². The van der Waals surface area contributed by atoms with Crippen molar-refractivity contribution in [1.29, 1.82) is 0 Å². The second-order valence-corrected chi connectivity index (χ2v) is 7.46. The third-order valence-corrected chi connectivity index (χ3v) is 4.84. The molecule has 0 aliphatic carbocycles. The lowest BCUT2D eigenvalue weighted by molar-refractivity contribution is 0.0956. The lowest BCUT2D eigenvalue weighted by Gasteiger charge is -2.12. The Labute approximate surface area is 130 Å². The van der Waals surface area contributed by atoms with Crippen LogP contribution in [0.4, 0.5) is 0 Å². The van der Waals surface area contributed by atoms with Gasteiger partial charge in [-0.25, -0.2) is 17.7 Å². The van der Waals surface area contributed by atoms with E-state index in [0.717, 1.165) is 22.8 Å². The van der Waals surface area contributed by atoms with Gasteiger partial charge in [0.05, 0.1) is 5.75 Å². The Morgan fingerprint density at radius 2 is 2.05 bits per heavy atom. The van der Waals surface area contributed by atoms with Gasteiger partial charge in [0, 0.05) is 31.9 Å². The number of carbonyl (C=O) groups is 1. The number of hydrogen-bond acceptors (Lipinski definition) is 4. The van der Waals surface area contributed by atoms with Crippen molar-refractivity contribution in [2.45, 2.75) is 19.8 Å². The fourth-order valence-corrected chi connectivity index (χ4v) is 2.60. The van der Waals surface area contributed by atoms with Crippen LogP contribution in [-0.4, -0.2) is 50.0 Å². The average Bonchev–Trinajstić information content (AvgIpc) is 2.37. The van der Waals surface area contributed by atoms with E-state index in [-0.39, 0.29) is 23.4 Å². The van der Waals surface area contributed by atoms with Crippen molar-refractivity contribution in [3.8, 4) is 0 Å². The normalized spacial score (nSPS) is 11.7. The van der Waals surface area contributed by atoms with Gasteiger partial charge in [0.1, 0.15) is 5.15 Å². The van der Waals surface area contributed by atoms with Crippen LogP contribution in [-0.2, 0) is 16.4 Å². The van der Waals surface area contributed by atoms with E-state index in [1.807, 2.05) is 6.92 Å². The highest BCUT2D eigenvalue weighted by molar-refractivity contribution is 7.89. The van der Waals surface area contributed by atoms with Gasteiger partial charge in [0.15, 0.2) is 0 Å². The molecule has 0 spiro atoms. The Bertz CT molecular complexity index is 603. The second-order valence-electron chi connectivity index (χ2n) is 4.77. The number of nitrogens with zero attached hydrogens (tertiary/aromatic N) is 2. The smallest absolute Gasteiger partial charge is 0.251 e. The van der Waals surface area contributed by atoms with Gasteiger partial charge in [-0.2, -0.15) is 0 Å². The van der Waals surface area contributed by atoms with Crippen LogP contribution < -0.4 is 5.32 Å².